The number of carbonyl (C=O) groups excluding carboxylic acids is 1. The van der Waals surface area contributed by atoms with Crippen LogP contribution >= 0.6 is 0 Å². The summed E-state index contributed by atoms with van der Waals surface area (Å²) in [5, 5.41) is 2.76. The molecule has 1 heterocycles. The van der Waals surface area contributed by atoms with Gasteiger partial charge < -0.3 is 10.2 Å². The maximum Gasteiger partial charge on any atom is 0.317 e. The van der Waals surface area contributed by atoms with Crippen molar-refractivity contribution in [2.75, 3.05) is 19.3 Å². The van der Waals surface area contributed by atoms with Gasteiger partial charge in [-0.2, -0.15) is 0 Å². The summed E-state index contributed by atoms with van der Waals surface area (Å²) in [7, 11) is -1.43. The molecule has 0 aliphatic carbocycles. The van der Waals surface area contributed by atoms with Crippen LogP contribution in [0.25, 0.3) is 0 Å². The van der Waals surface area contributed by atoms with Crippen molar-refractivity contribution in [2.24, 2.45) is 0 Å². The standard InChI is InChI=1S/C16H27N3O3S/c1-13(14-7-10-17-11-8-14)19(5)15(20)18-9-6-12-23(21,22)16(2,3)4/h7-8,10-11,13H,6,9,12H2,1-5H3,(H,18,20)/t13-/m0/s1. The Hall–Kier alpha value is -1.63. The van der Waals surface area contributed by atoms with Gasteiger partial charge in [0.15, 0.2) is 9.84 Å². The quantitative estimate of drug-likeness (QED) is 0.806. The molecule has 2 amide bonds. The molecule has 0 saturated carbocycles. The normalized spacial score (nSPS) is 13.4. The number of amides is 2. The van der Waals surface area contributed by atoms with Gasteiger partial charge in [-0.1, -0.05) is 0 Å². The Bertz CT molecular complexity index is 609. The monoisotopic (exact) mass is 341 g/mol. The number of hydrogen-bond donors (Lipinski definition) is 1. The lowest BCUT2D eigenvalue weighted by Crippen LogP contribution is -2.40. The van der Waals surface area contributed by atoms with E-state index < -0.39 is 14.6 Å². The van der Waals surface area contributed by atoms with Gasteiger partial charge in [-0.15, -0.1) is 0 Å². The van der Waals surface area contributed by atoms with Gasteiger partial charge in [0.2, 0.25) is 0 Å². The van der Waals surface area contributed by atoms with E-state index in [0.29, 0.717) is 13.0 Å². The van der Waals surface area contributed by atoms with Crippen LogP contribution in [0.3, 0.4) is 0 Å². The molecule has 1 aromatic rings. The van der Waals surface area contributed by atoms with Crippen LogP contribution in [0.15, 0.2) is 24.5 Å². The fourth-order valence-corrected chi connectivity index (χ4v) is 3.07. The maximum absolute atomic E-state index is 12.1. The first-order valence-corrected chi connectivity index (χ1v) is 9.34. The van der Waals surface area contributed by atoms with Crippen LogP contribution in [-0.4, -0.2) is 48.4 Å². The first-order chi connectivity index (χ1) is 10.6. The smallest absolute Gasteiger partial charge is 0.317 e. The highest BCUT2D eigenvalue weighted by Crippen LogP contribution is 2.18. The largest absolute Gasteiger partial charge is 0.338 e. The third-order valence-corrected chi connectivity index (χ3v) is 6.58. The van der Waals surface area contributed by atoms with Gasteiger partial charge >= 0.3 is 6.03 Å². The van der Waals surface area contributed by atoms with E-state index in [4.69, 9.17) is 0 Å². The van der Waals surface area contributed by atoms with E-state index in [-0.39, 0.29) is 17.8 Å². The Morgan fingerprint density at radius 1 is 1.30 bits per heavy atom. The van der Waals surface area contributed by atoms with Crippen molar-refractivity contribution < 1.29 is 13.2 Å². The van der Waals surface area contributed by atoms with Crippen LogP contribution in [0.5, 0.6) is 0 Å². The number of urea groups is 1. The van der Waals surface area contributed by atoms with Crippen LogP contribution in [0.1, 0.15) is 45.7 Å². The molecule has 1 rings (SSSR count). The van der Waals surface area contributed by atoms with Gasteiger partial charge in [0.05, 0.1) is 16.5 Å². The molecule has 0 aliphatic heterocycles. The van der Waals surface area contributed by atoms with Crippen molar-refractivity contribution in [1.82, 2.24) is 15.2 Å². The predicted octanol–water partition coefficient (Wildman–Crippen LogP) is 2.39. The van der Waals surface area contributed by atoms with Crippen LogP contribution in [0.4, 0.5) is 4.79 Å². The van der Waals surface area contributed by atoms with Gasteiger partial charge in [-0.05, 0) is 51.8 Å². The molecule has 0 unspecified atom stereocenters. The molecule has 130 valence electrons. The molecule has 1 N–H and O–H groups in total. The van der Waals surface area contributed by atoms with Gasteiger partial charge in [0.1, 0.15) is 0 Å². The second-order valence-electron chi connectivity index (χ2n) is 6.58. The molecule has 23 heavy (non-hydrogen) atoms. The van der Waals surface area contributed by atoms with Gasteiger partial charge in [0, 0.05) is 26.0 Å². The van der Waals surface area contributed by atoms with Crippen molar-refractivity contribution in [3.05, 3.63) is 30.1 Å². The van der Waals surface area contributed by atoms with Crippen LogP contribution in [0, 0.1) is 0 Å². The molecule has 0 saturated heterocycles. The molecule has 6 nitrogen and oxygen atoms in total. The molecule has 0 spiro atoms. The number of sulfone groups is 1. The molecule has 0 aromatic carbocycles. The molecular formula is C16H27N3O3S. The summed E-state index contributed by atoms with van der Waals surface area (Å²) in [5.74, 6) is 0.0698. The first kappa shape index (κ1) is 19.4. The Kier molecular flexibility index (Phi) is 6.56. The van der Waals surface area contributed by atoms with Crippen LogP contribution in [0.2, 0.25) is 0 Å². The zero-order chi connectivity index (χ0) is 17.7. The van der Waals surface area contributed by atoms with Crippen molar-refractivity contribution in [3.63, 3.8) is 0 Å². The summed E-state index contributed by atoms with van der Waals surface area (Å²) in [6.07, 6.45) is 3.78. The van der Waals surface area contributed by atoms with Gasteiger partial charge in [0.25, 0.3) is 0 Å². The lowest BCUT2D eigenvalue weighted by Gasteiger charge is -2.25. The molecule has 0 fully saturated rings. The highest BCUT2D eigenvalue weighted by Gasteiger charge is 2.28. The first-order valence-electron chi connectivity index (χ1n) is 7.69. The lowest BCUT2D eigenvalue weighted by atomic mass is 10.1. The van der Waals surface area contributed by atoms with Crippen molar-refractivity contribution >= 4 is 15.9 Å². The third-order valence-electron chi connectivity index (χ3n) is 3.89. The van der Waals surface area contributed by atoms with E-state index >= 15 is 0 Å². The topological polar surface area (TPSA) is 79.4 Å². The minimum Gasteiger partial charge on any atom is -0.338 e. The number of rotatable bonds is 6. The van der Waals surface area contributed by atoms with Crippen molar-refractivity contribution in [2.45, 2.75) is 44.9 Å². The van der Waals surface area contributed by atoms with E-state index in [1.54, 1.807) is 45.1 Å². The Labute approximate surface area is 139 Å². The summed E-state index contributed by atoms with van der Waals surface area (Å²) >= 11 is 0. The number of aromatic nitrogens is 1. The average Bonchev–Trinajstić information content (AvgIpc) is 2.49. The second kappa shape index (κ2) is 7.77. The lowest BCUT2D eigenvalue weighted by molar-refractivity contribution is 0.194. The summed E-state index contributed by atoms with van der Waals surface area (Å²) in [4.78, 5) is 17.7. The molecule has 0 radical (unpaired) electrons. The minimum absolute atomic E-state index is 0.0698. The van der Waals surface area contributed by atoms with E-state index in [1.807, 2.05) is 19.1 Å². The zero-order valence-electron chi connectivity index (χ0n) is 14.5. The van der Waals surface area contributed by atoms with Crippen LogP contribution < -0.4 is 5.32 Å². The zero-order valence-corrected chi connectivity index (χ0v) is 15.4. The minimum atomic E-state index is -3.15. The molecule has 1 atom stereocenters. The Morgan fingerprint density at radius 2 is 1.87 bits per heavy atom. The van der Waals surface area contributed by atoms with E-state index in [9.17, 15) is 13.2 Å². The summed E-state index contributed by atoms with van der Waals surface area (Å²) in [6, 6.07) is 3.42. The predicted molar refractivity (Wildman–Crippen MR) is 92.0 cm³/mol. The van der Waals surface area contributed by atoms with Crippen molar-refractivity contribution in [1.29, 1.82) is 0 Å². The van der Waals surface area contributed by atoms with Gasteiger partial charge in [-0.3, -0.25) is 4.98 Å². The highest BCUT2D eigenvalue weighted by molar-refractivity contribution is 7.92. The highest BCUT2D eigenvalue weighted by atomic mass is 32.2. The number of hydrogen-bond acceptors (Lipinski definition) is 4. The fraction of sp³-hybridized carbons (Fsp3) is 0.625. The summed E-state index contributed by atoms with van der Waals surface area (Å²) in [5.41, 5.74) is 0.993. The van der Waals surface area contributed by atoms with Crippen molar-refractivity contribution in [3.8, 4) is 0 Å². The summed E-state index contributed by atoms with van der Waals surface area (Å²) in [6.45, 7) is 7.32. The molecule has 0 bridgehead atoms. The SMILES string of the molecule is C[C@@H](c1ccncc1)N(C)C(=O)NCCCS(=O)(=O)C(C)(C)C. The van der Waals surface area contributed by atoms with E-state index in [1.165, 1.54) is 0 Å². The summed E-state index contributed by atoms with van der Waals surface area (Å²) < 4.78 is 23.2. The molecule has 7 heteroatoms. The number of nitrogens with zero attached hydrogens (tertiary/aromatic N) is 2. The number of carbonyl (C=O) groups is 1. The number of pyridine rings is 1. The Morgan fingerprint density at radius 3 is 2.39 bits per heavy atom. The second-order valence-corrected chi connectivity index (χ2v) is 9.45. The third kappa shape index (κ3) is 5.49. The maximum atomic E-state index is 12.1. The average molecular weight is 341 g/mol. The van der Waals surface area contributed by atoms with E-state index in [2.05, 4.69) is 10.3 Å². The number of nitrogens with one attached hydrogen (secondary N) is 1. The molecule has 0 aliphatic rings. The molecular weight excluding hydrogens is 314 g/mol. The van der Waals surface area contributed by atoms with Gasteiger partial charge in [-0.25, -0.2) is 13.2 Å². The fourth-order valence-electron chi connectivity index (χ4n) is 1.93. The van der Waals surface area contributed by atoms with E-state index in [0.717, 1.165) is 5.56 Å². The Balaban J connectivity index is 2.45. The molecule has 1 aromatic heterocycles. The van der Waals surface area contributed by atoms with Crippen LogP contribution in [-0.2, 0) is 9.84 Å².